The van der Waals surface area contributed by atoms with Crippen LogP contribution in [0.5, 0.6) is 17.2 Å². The second kappa shape index (κ2) is 9.35. The molecule has 0 N–H and O–H groups in total. The van der Waals surface area contributed by atoms with Gasteiger partial charge in [0, 0.05) is 49.5 Å². The van der Waals surface area contributed by atoms with Crippen LogP contribution in [0.1, 0.15) is 66.4 Å². The lowest BCUT2D eigenvalue weighted by Gasteiger charge is -2.52. The van der Waals surface area contributed by atoms with E-state index in [2.05, 4.69) is 64.5 Å². The Morgan fingerprint density at radius 2 is 1.63 bits per heavy atom. The summed E-state index contributed by atoms with van der Waals surface area (Å²) in [7, 11) is 3.35. The van der Waals surface area contributed by atoms with Crippen molar-refractivity contribution in [3.8, 4) is 17.2 Å². The van der Waals surface area contributed by atoms with E-state index < -0.39 is 5.72 Å². The summed E-state index contributed by atoms with van der Waals surface area (Å²) in [6.07, 6.45) is 6.41. The first-order valence-corrected chi connectivity index (χ1v) is 13.9. The molecule has 1 aliphatic carbocycles. The maximum Gasteiger partial charge on any atom is 0.200 e. The number of hydrogen-bond donors (Lipinski definition) is 0. The lowest BCUT2D eigenvalue weighted by atomic mass is 9.84. The summed E-state index contributed by atoms with van der Waals surface area (Å²) in [5.74, 6) is 2.47. The highest BCUT2D eigenvalue weighted by atomic mass is 16.5. The Morgan fingerprint density at radius 3 is 2.45 bits per heavy atom. The van der Waals surface area contributed by atoms with Crippen LogP contribution in [-0.4, -0.2) is 48.7 Å². The normalized spacial score (nSPS) is 23.6. The molecule has 0 amide bonds. The van der Waals surface area contributed by atoms with Crippen LogP contribution in [0.2, 0.25) is 0 Å². The van der Waals surface area contributed by atoms with E-state index in [4.69, 9.17) is 19.3 Å². The highest BCUT2D eigenvalue weighted by Gasteiger charge is 2.52. The second-order valence-corrected chi connectivity index (χ2v) is 10.9. The fraction of sp³-hybridized carbons (Fsp3) is 0.406. The van der Waals surface area contributed by atoms with Gasteiger partial charge in [-0.2, -0.15) is 5.10 Å². The molecule has 3 heterocycles. The fourth-order valence-corrected chi connectivity index (χ4v) is 7.04. The number of nitrogens with zero attached hydrogens (tertiary/aromatic N) is 3. The number of hydrazone groups is 1. The molecule has 38 heavy (non-hydrogen) atoms. The number of ether oxygens (including phenoxy) is 3. The number of methoxy groups -OCH3 is 2. The Hall–Kier alpha value is -3.51. The Kier molecular flexibility index (Phi) is 5.81. The monoisotopic (exact) mass is 509 g/mol. The van der Waals surface area contributed by atoms with Crippen molar-refractivity contribution >= 4 is 5.71 Å². The van der Waals surface area contributed by atoms with Crippen molar-refractivity contribution in [2.45, 2.75) is 56.3 Å². The summed E-state index contributed by atoms with van der Waals surface area (Å²) in [4.78, 5) is 2.69. The lowest BCUT2D eigenvalue weighted by molar-refractivity contribution is -0.153. The van der Waals surface area contributed by atoms with Crippen LogP contribution in [0, 0.1) is 0 Å². The third-order valence-corrected chi connectivity index (χ3v) is 8.98. The van der Waals surface area contributed by atoms with Crippen LogP contribution in [0.3, 0.4) is 0 Å². The quantitative estimate of drug-likeness (QED) is 0.424. The van der Waals surface area contributed by atoms with Gasteiger partial charge in [0.15, 0.2) is 11.5 Å². The van der Waals surface area contributed by atoms with Gasteiger partial charge in [-0.15, -0.1) is 0 Å². The number of para-hydroxylation sites is 1. The molecule has 1 spiro atoms. The first-order valence-electron chi connectivity index (χ1n) is 13.9. The average molecular weight is 510 g/mol. The molecule has 196 valence electrons. The summed E-state index contributed by atoms with van der Waals surface area (Å²) >= 11 is 0. The van der Waals surface area contributed by atoms with Gasteiger partial charge in [0.2, 0.25) is 5.72 Å². The minimum atomic E-state index is -0.429. The standard InChI is InChI=1S/C32H35N3O3/c1-36-30-15-14-23(20-31(30)37-2)26-21-28-25-11-5-6-13-29(25)38-32(35(28)33-26)16-18-34(19-17-32)27-12-7-9-22-8-3-4-10-24(22)27/h3-6,8,10-11,13-15,20,27-28H,7,9,12,16-19,21H2,1-2H3. The van der Waals surface area contributed by atoms with Gasteiger partial charge in [0.1, 0.15) is 5.75 Å². The third-order valence-electron chi connectivity index (χ3n) is 8.98. The maximum atomic E-state index is 6.89. The van der Waals surface area contributed by atoms with Gasteiger partial charge in [0.05, 0.1) is 26.0 Å². The van der Waals surface area contributed by atoms with Crippen LogP contribution in [0.25, 0.3) is 0 Å². The minimum Gasteiger partial charge on any atom is -0.493 e. The van der Waals surface area contributed by atoms with Crippen molar-refractivity contribution in [1.82, 2.24) is 9.91 Å². The second-order valence-electron chi connectivity index (χ2n) is 10.9. The van der Waals surface area contributed by atoms with Gasteiger partial charge in [0.25, 0.3) is 0 Å². The highest BCUT2D eigenvalue weighted by molar-refractivity contribution is 6.02. The largest absolute Gasteiger partial charge is 0.493 e. The van der Waals surface area contributed by atoms with Crippen molar-refractivity contribution in [2.24, 2.45) is 5.10 Å². The van der Waals surface area contributed by atoms with E-state index >= 15 is 0 Å². The van der Waals surface area contributed by atoms with Crippen molar-refractivity contribution in [1.29, 1.82) is 0 Å². The zero-order valence-electron chi connectivity index (χ0n) is 22.2. The van der Waals surface area contributed by atoms with Gasteiger partial charge >= 0.3 is 0 Å². The topological polar surface area (TPSA) is 46.5 Å². The summed E-state index contributed by atoms with van der Waals surface area (Å²) < 4.78 is 18.0. The molecule has 0 radical (unpaired) electrons. The molecular weight excluding hydrogens is 474 g/mol. The molecule has 6 nitrogen and oxygen atoms in total. The van der Waals surface area contributed by atoms with E-state index in [0.717, 1.165) is 60.9 Å². The molecule has 0 bridgehead atoms. The number of aryl methyl sites for hydroxylation is 1. The van der Waals surface area contributed by atoms with Crippen LogP contribution in [0.4, 0.5) is 0 Å². The van der Waals surface area contributed by atoms with Crippen LogP contribution in [-0.2, 0) is 6.42 Å². The van der Waals surface area contributed by atoms with Crippen molar-refractivity contribution in [3.05, 3.63) is 89.0 Å². The van der Waals surface area contributed by atoms with E-state index in [0.29, 0.717) is 6.04 Å². The van der Waals surface area contributed by atoms with Crippen molar-refractivity contribution in [3.63, 3.8) is 0 Å². The predicted octanol–water partition coefficient (Wildman–Crippen LogP) is 6.12. The summed E-state index contributed by atoms with van der Waals surface area (Å²) in [6.45, 7) is 2.01. The van der Waals surface area contributed by atoms with Crippen LogP contribution < -0.4 is 14.2 Å². The van der Waals surface area contributed by atoms with E-state index in [1.165, 1.54) is 36.0 Å². The van der Waals surface area contributed by atoms with E-state index in [9.17, 15) is 0 Å². The molecule has 3 aliphatic heterocycles. The van der Waals surface area contributed by atoms with Crippen LogP contribution in [0.15, 0.2) is 71.8 Å². The molecule has 3 aromatic carbocycles. The van der Waals surface area contributed by atoms with Gasteiger partial charge in [-0.25, -0.2) is 5.01 Å². The van der Waals surface area contributed by atoms with Crippen molar-refractivity contribution < 1.29 is 14.2 Å². The smallest absolute Gasteiger partial charge is 0.200 e. The summed E-state index contributed by atoms with van der Waals surface area (Å²) in [5.41, 5.74) is 5.98. The molecular formula is C32H35N3O3. The molecule has 4 aliphatic rings. The fourth-order valence-electron chi connectivity index (χ4n) is 7.04. The number of rotatable bonds is 4. The number of piperidine rings is 1. The van der Waals surface area contributed by atoms with E-state index in [1.54, 1.807) is 14.2 Å². The van der Waals surface area contributed by atoms with E-state index in [1.807, 2.05) is 12.1 Å². The number of likely N-dealkylation sites (tertiary alicyclic amines) is 1. The zero-order chi connectivity index (χ0) is 25.7. The minimum absolute atomic E-state index is 0.171. The number of fused-ring (bicyclic) bond motifs is 5. The molecule has 6 heteroatoms. The summed E-state index contributed by atoms with van der Waals surface area (Å²) in [6, 6.07) is 24.3. The van der Waals surface area contributed by atoms with Gasteiger partial charge in [-0.1, -0.05) is 42.5 Å². The highest BCUT2D eigenvalue weighted by Crippen LogP contribution is 2.51. The Bertz CT molecular complexity index is 1380. The number of hydrogen-bond acceptors (Lipinski definition) is 6. The first-order chi connectivity index (χ1) is 18.7. The Morgan fingerprint density at radius 1 is 0.868 bits per heavy atom. The SMILES string of the molecule is COc1ccc(C2=NN3C(C2)c2ccccc2OC32CCN(C3CCCc4ccccc43)CC2)cc1OC. The predicted molar refractivity (Wildman–Crippen MR) is 148 cm³/mol. The molecule has 2 unspecified atom stereocenters. The molecule has 0 saturated carbocycles. The van der Waals surface area contributed by atoms with E-state index in [-0.39, 0.29) is 6.04 Å². The van der Waals surface area contributed by atoms with Gasteiger partial charge < -0.3 is 14.2 Å². The third kappa shape index (κ3) is 3.77. The lowest BCUT2D eigenvalue weighted by Crippen LogP contribution is -2.59. The molecule has 1 fully saturated rings. The van der Waals surface area contributed by atoms with Crippen molar-refractivity contribution in [2.75, 3.05) is 27.3 Å². The van der Waals surface area contributed by atoms with Gasteiger partial charge in [-0.05, 0) is 54.7 Å². The zero-order valence-corrected chi connectivity index (χ0v) is 22.2. The average Bonchev–Trinajstić information content (AvgIpc) is 3.44. The Labute approximate surface area is 224 Å². The molecule has 1 saturated heterocycles. The van der Waals surface area contributed by atoms with Gasteiger partial charge in [-0.3, -0.25) is 4.90 Å². The molecule has 7 rings (SSSR count). The summed E-state index contributed by atoms with van der Waals surface area (Å²) in [5, 5.41) is 7.57. The first kappa shape index (κ1) is 23.6. The molecule has 2 atom stereocenters. The molecule has 3 aromatic rings. The van der Waals surface area contributed by atoms with Crippen LogP contribution >= 0.6 is 0 Å². The molecule has 0 aromatic heterocycles. The number of benzene rings is 3. The Balaban J connectivity index is 1.20. The maximum absolute atomic E-state index is 6.89.